The lowest BCUT2D eigenvalue weighted by Gasteiger charge is -2.14. The van der Waals surface area contributed by atoms with Crippen molar-refractivity contribution in [2.24, 2.45) is 0 Å². The van der Waals surface area contributed by atoms with E-state index in [0.29, 0.717) is 33.4 Å². The fourth-order valence-corrected chi connectivity index (χ4v) is 4.95. The first kappa shape index (κ1) is 27.1. The van der Waals surface area contributed by atoms with E-state index in [9.17, 15) is 22.4 Å². The monoisotopic (exact) mass is 563 g/mol. The average molecular weight is 564 g/mol. The van der Waals surface area contributed by atoms with Crippen LogP contribution in [0.2, 0.25) is 0 Å². The zero-order chi connectivity index (χ0) is 28.1. The van der Waals surface area contributed by atoms with Crippen molar-refractivity contribution in [2.75, 3.05) is 0 Å². The van der Waals surface area contributed by atoms with Gasteiger partial charge in [0.2, 0.25) is 0 Å². The maximum Gasteiger partial charge on any atom is 0.416 e. The van der Waals surface area contributed by atoms with E-state index >= 15 is 0 Å². The molecule has 5 rings (SSSR count). The van der Waals surface area contributed by atoms with Crippen molar-refractivity contribution in [3.63, 3.8) is 0 Å². The first-order valence-corrected chi connectivity index (χ1v) is 13.0. The number of aromatic nitrogens is 4. The van der Waals surface area contributed by atoms with Gasteiger partial charge in [-0.1, -0.05) is 48.2 Å². The van der Waals surface area contributed by atoms with E-state index in [1.165, 1.54) is 30.0 Å². The van der Waals surface area contributed by atoms with Crippen LogP contribution in [-0.2, 0) is 18.5 Å². The van der Waals surface area contributed by atoms with E-state index in [0.717, 1.165) is 17.7 Å². The van der Waals surface area contributed by atoms with Crippen molar-refractivity contribution in [1.29, 1.82) is 0 Å². The number of carbonyl (C=O) groups excluding carboxylic acids is 1. The molecule has 11 heteroatoms. The van der Waals surface area contributed by atoms with E-state index in [2.05, 4.69) is 20.5 Å². The van der Waals surface area contributed by atoms with E-state index in [1.54, 1.807) is 71.6 Å². The highest BCUT2D eigenvalue weighted by Gasteiger charge is 2.31. The Kier molecular flexibility index (Phi) is 7.92. The van der Waals surface area contributed by atoms with Crippen LogP contribution in [0.1, 0.15) is 27.0 Å². The van der Waals surface area contributed by atoms with Crippen molar-refractivity contribution in [1.82, 2.24) is 25.1 Å². The summed E-state index contributed by atoms with van der Waals surface area (Å²) in [6, 6.07) is 21.3. The van der Waals surface area contributed by atoms with Crippen LogP contribution in [0.5, 0.6) is 0 Å². The number of thioether (sulfide) groups is 1. The van der Waals surface area contributed by atoms with Gasteiger partial charge in [0.1, 0.15) is 5.82 Å². The Hall–Kier alpha value is -4.51. The van der Waals surface area contributed by atoms with Gasteiger partial charge >= 0.3 is 6.18 Å². The molecule has 0 bridgehead atoms. The zero-order valence-corrected chi connectivity index (χ0v) is 21.6. The number of hydrogen-bond acceptors (Lipinski definition) is 5. The summed E-state index contributed by atoms with van der Waals surface area (Å²) < 4.78 is 55.2. The second-order valence-corrected chi connectivity index (χ2v) is 9.63. The average Bonchev–Trinajstić information content (AvgIpc) is 3.40. The molecule has 3 aromatic carbocycles. The predicted molar refractivity (Wildman–Crippen MR) is 143 cm³/mol. The van der Waals surface area contributed by atoms with Crippen LogP contribution in [0.15, 0.2) is 102 Å². The van der Waals surface area contributed by atoms with E-state index in [-0.39, 0.29) is 24.0 Å². The lowest BCUT2D eigenvalue weighted by molar-refractivity contribution is -0.137. The highest BCUT2D eigenvalue weighted by molar-refractivity contribution is 7.98. The number of hydrogen-bond donors (Lipinski definition) is 1. The summed E-state index contributed by atoms with van der Waals surface area (Å²) in [6.45, 7) is 0.221. The summed E-state index contributed by atoms with van der Waals surface area (Å²) in [6.07, 6.45) is -1.38. The van der Waals surface area contributed by atoms with Gasteiger partial charge in [-0.15, -0.1) is 10.2 Å². The van der Waals surface area contributed by atoms with Crippen molar-refractivity contribution >= 4 is 17.7 Å². The molecule has 0 saturated carbocycles. The van der Waals surface area contributed by atoms with Crippen LogP contribution >= 0.6 is 11.8 Å². The standard InChI is InChI=1S/C29H21F4N5OS/c30-23-12-10-19(11-13-23)16-35-27(39)25-9-2-1-5-21(25)18-40-28-37-36-26(20-6-4-14-34-17-20)38(28)24-8-3-7-22(15-24)29(31,32)33/h1-15,17H,16,18H2,(H,35,39). The molecule has 0 radical (unpaired) electrons. The molecule has 0 fully saturated rings. The van der Waals surface area contributed by atoms with Gasteiger partial charge in [-0.2, -0.15) is 13.2 Å². The number of carbonyl (C=O) groups is 1. The first-order valence-electron chi connectivity index (χ1n) is 12.1. The molecule has 0 aliphatic rings. The maximum absolute atomic E-state index is 13.5. The molecule has 0 unspecified atom stereocenters. The number of pyridine rings is 1. The van der Waals surface area contributed by atoms with Crippen LogP contribution in [-0.4, -0.2) is 25.7 Å². The highest BCUT2D eigenvalue weighted by atomic mass is 32.2. The van der Waals surface area contributed by atoms with Crippen LogP contribution in [0.3, 0.4) is 0 Å². The summed E-state index contributed by atoms with van der Waals surface area (Å²) in [5, 5.41) is 11.7. The predicted octanol–water partition coefficient (Wildman–Crippen LogP) is 6.71. The maximum atomic E-state index is 13.5. The second kappa shape index (κ2) is 11.7. The summed E-state index contributed by atoms with van der Waals surface area (Å²) in [4.78, 5) is 17.1. The van der Waals surface area contributed by atoms with Crippen LogP contribution in [0.4, 0.5) is 17.6 Å². The summed E-state index contributed by atoms with van der Waals surface area (Å²) in [5.41, 5.74) is 1.92. The van der Waals surface area contributed by atoms with Gasteiger partial charge in [0.25, 0.3) is 5.91 Å². The zero-order valence-electron chi connectivity index (χ0n) is 20.8. The topological polar surface area (TPSA) is 72.7 Å². The van der Waals surface area contributed by atoms with Gasteiger partial charge in [0, 0.05) is 35.8 Å². The van der Waals surface area contributed by atoms with Gasteiger partial charge < -0.3 is 5.32 Å². The molecule has 0 saturated heterocycles. The SMILES string of the molecule is O=C(NCc1ccc(F)cc1)c1ccccc1CSc1nnc(-c2cccnc2)n1-c1cccc(C(F)(F)F)c1. The van der Waals surface area contributed by atoms with Gasteiger partial charge in [-0.05, 0) is 59.7 Å². The third-order valence-electron chi connectivity index (χ3n) is 5.97. The van der Waals surface area contributed by atoms with Crippen molar-refractivity contribution in [3.05, 3.63) is 125 Å². The largest absolute Gasteiger partial charge is 0.416 e. The number of nitrogens with zero attached hydrogens (tertiary/aromatic N) is 4. The Balaban J connectivity index is 1.42. The summed E-state index contributed by atoms with van der Waals surface area (Å²) in [5.74, 6) is -0.0390. The second-order valence-electron chi connectivity index (χ2n) is 8.69. The lowest BCUT2D eigenvalue weighted by Crippen LogP contribution is -2.23. The molecule has 5 aromatic rings. The Bertz CT molecular complexity index is 1620. The van der Waals surface area contributed by atoms with E-state index in [4.69, 9.17) is 0 Å². The molecule has 40 heavy (non-hydrogen) atoms. The fraction of sp³-hybridized carbons (Fsp3) is 0.103. The lowest BCUT2D eigenvalue weighted by atomic mass is 10.1. The van der Waals surface area contributed by atoms with E-state index < -0.39 is 11.7 Å². The minimum absolute atomic E-state index is 0.221. The number of benzene rings is 3. The minimum Gasteiger partial charge on any atom is -0.348 e. The highest BCUT2D eigenvalue weighted by Crippen LogP contribution is 2.34. The Morgan fingerprint density at radius 3 is 2.48 bits per heavy atom. The van der Waals surface area contributed by atoms with Gasteiger partial charge in [-0.3, -0.25) is 14.3 Å². The summed E-state index contributed by atoms with van der Waals surface area (Å²) >= 11 is 1.24. The molecule has 1 amide bonds. The van der Waals surface area contributed by atoms with Crippen LogP contribution < -0.4 is 5.32 Å². The third kappa shape index (κ3) is 6.20. The van der Waals surface area contributed by atoms with Gasteiger partial charge in [0.15, 0.2) is 11.0 Å². The number of nitrogens with one attached hydrogen (secondary N) is 1. The molecule has 202 valence electrons. The third-order valence-corrected chi connectivity index (χ3v) is 6.95. The number of alkyl halides is 3. The van der Waals surface area contributed by atoms with Crippen molar-refractivity contribution < 1.29 is 22.4 Å². The summed E-state index contributed by atoms with van der Waals surface area (Å²) in [7, 11) is 0. The van der Waals surface area contributed by atoms with Crippen molar-refractivity contribution in [2.45, 2.75) is 23.6 Å². The molecule has 0 spiro atoms. The number of rotatable bonds is 8. The fourth-order valence-electron chi connectivity index (χ4n) is 3.99. The molecule has 1 N–H and O–H groups in total. The number of halogens is 4. The van der Waals surface area contributed by atoms with Crippen LogP contribution in [0, 0.1) is 5.82 Å². The Labute approximate surface area is 231 Å². The quantitative estimate of drug-likeness (QED) is 0.168. The van der Waals surface area contributed by atoms with E-state index in [1.807, 2.05) is 0 Å². The normalized spacial score (nSPS) is 11.4. The first-order chi connectivity index (χ1) is 19.3. The minimum atomic E-state index is -4.52. The molecule has 0 aliphatic carbocycles. The van der Waals surface area contributed by atoms with Gasteiger partial charge in [0.05, 0.1) is 11.3 Å². The van der Waals surface area contributed by atoms with Crippen LogP contribution in [0.25, 0.3) is 17.1 Å². The molecule has 6 nitrogen and oxygen atoms in total. The smallest absolute Gasteiger partial charge is 0.348 e. The molecule has 2 heterocycles. The molecular weight excluding hydrogens is 542 g/mol. The molecular formula is C29H21F4N5OS. The van der Waals surface area contributed by atoms with Crippen molar-refractivity contribution in [3.8, 4) is 17.1 Å². The Morgan fingerprint density at radius 1 is 0.925 bits per heavy atom. The molecule has 0 atom stereocenters. The molecule has 2 aromatic heterocycles. The number of amides is 1. The Morgan fingerprint density at radius 2 is 1.73 bits per heavy atom. The molecule has 0 aliphatic heterocycles. The van der Waals surface area contributed by atoms with Gasteiger partial charge in [-0.25, -0.2) is 4.39 Å².